The molecule has 2 heterocycles. The van der Waals surface area contributed by atoms with Gasteiger partial charge in [0.1, 0.15) is 0 Å². The molecule has 0 bridgehead atoms. The number of rotatable bonds is 4. The fraction of sp³-hybridized carbons (Fsp3) is 0.250. The summed E-state index contributed by atoms with van der Waals surface area (Å²) in [5, 5.41) is 4.18. The number of anilines is 1. The Morgan fingerprint density at radius 1 is 1.20 bits per heavy atom. The van der Waals surface area contributed by atoms with Gasteiger partial charge in [-0.05, 0) is 24.6 Å². The number of benzene rings is 1. The molecule has 0 spiro atoms. The lowest BCUT2D eigenvalue weighted by Gasteiger charge is -2.05. The highest BCUT2D eigenvalue weighted by Gasteiger charge is 2.17. The maximum absolute atomic E-state index is 12.4. The summed E-state index contributed by atoms with van der Waals surface area (Å²) < 4.78 is 5.12. The fourth-order valence-corrected chi connectivity index (χ4v) is 2.82. The normalized spacial score (nSPS) is 11.5. The SMILES string of the molecule is CCn1c(N/N=C\c2ccc(Br)cc2)nc2c1c(=O)n(C)c(=O)n2C. The first kappa shape index (κ1) is 17.2. The van der Waals surface area contributed by atoms with Gasteiger partial charge in [-0.2, -0.15) is 10.1 Å². The Bertz CT molecular complexity index is 1080. The molecule has 0 aliphatic rings. The van der Waals surface area contributed by atoms with Crippen molar-refractivity contribution in [1.29, 1.82) is 0 Å². The molecule has 3 aromatic rings. The number of nitrogens with zero attached hydrogens (tertiary/aromatic N) is 5. The van der Waals surface area contributed by atoms with Gasteiger partial charge in [-0.15, -0.1) is 0 Å². The van der Waals surface area contributed by atoms with Gasteiger partial charge in [0.25, 0.3) is 5.56 Å². The molecule has 0 aliphatic carbocycles. The summed E-state index contributed by atoms with van der Waals surface area (Å²) in [5.41, 5.74) is 3.68. The number of aromatic nitrogens is 4. The zero-order valence-corrected chi connectivity index (χ0v) is 15.6. The molecule has 0 saturated heterocycles. The number of aryl methyl sites for hydroxylation is 2. The molecule has 0 radical (unpaired) electrons. The van der Waals surface area contributed by atoms with Crippen LogP contribution in [0.3, 0.4) is 0 Å². The first-order chi connectivity index (χ1) is 11.9. The number of hydrogen-bond donors (Lipinski definition) is 1. The van der Waals surface area contributed by atoms with E-state index in [1.807, 2.05) is 31.2 Å². The van der Waals surface area contributed by atoms with Gasteiger partial charge in [0.05, 0.1) is 6.21 Å². The lowest BCUT2D eigenvalue weighted by molar-refractivity contribution is 0.700. The van der Waals surface area contributed by atoms with E-state index in [0.717, 1.165) is 14.6 Å². The average Bonchev–Trinajstić information content (AvgIpc) is 2.98. The lowest BCUT2D eigenvalue weighted by Crippen LogP contribution is -2.37. The molecule has 130 valence electrons. The average molecular weight is 405 g/mol. The summed E-state index contributed by atoms with van der Waals surface area (Å²) in [7, 11) is 3.04. The van der Waals surface area contributed by atoms with Crippen molar-refractivity contribution >= 4 is 39.3 Å². The van der Waals surface area contributed by atoms with Crippen LogP contribution in [0.25, 0.3) is 11.2 Å². The monoisotopic (exact) mass is 404 g/mol. The Morgan fingerprint density at radius 2 is 1.88 bits per heavy atom. The van der Waals surface area contributed by atoms with Crippen LogP contribution in [-0.2, 0) is 20.6 Å². The van der Waals surface area contributed by atoms with Crippen molar-refractivity contribution in [1.82, 2.24) is 18.7 Å². The van der Waals surface area contributed by atoms with E-state index in [1.54, 1.807) is 17.8 Å². The third-order valence-electron chi connectivity index (χ3n) is 3.91. The highest BCUT2D eigenvalue weighted by Crippen LogP contribution is 2.15. The maximum Gasteiger partial charge on any atom is 0.332 e. The van der Waals surface area contributed by atoms with Crippen molar-refractivity contribution in [3.8, 4) is 0 Å². The molecule has 0 saturated carbocycles. The quantitative estimate of drug-likeness (QED) is 0.529. The summed E-state index contributed by atoms with van der Waals surface area (Å²) in [6, 6.07) is 7.67. The molecule has 3 rings (SSSR count). The van der Waals surface area contributed by atoms with Crippen LogP contribution in [0, 0.1) is 0 Å². The molecule has 1 N–H and O–H groups in total. The molecular formula is C16H17BrN6O2. The van der Waals surface area contributed by atoms with Gasteiger partial charge >= 0.3 is 5.69 Å². The summed E-state index contributed by atoms with van der Waals surface area (Å²) in [6.07, 6.45) is 1.66. The minimum absolute atomic E-state index is 0.330. The van der Waals surface area contributed by atoms with E-state index < -0.39 is 5.69 Å². The molecule has 2 aromatic heterocycles. The standard InChI is InChI=1S/C16H17BrN6O2/c1-4-23-12-13(21(2)16(25)22(3)14(12)24)19-15(23)20-18-9-10-5-7-11(17)8-6-10/h5-9H,4H2,1-3H3,(H,19,20)/b18-9-. The second kappa shape index (κ2) is 6.67. The Balaban J connectivity index is 2.03. The van der Waals surface area contributed by atoms with Gasteiger partial charge in [-0.3, -0.25) is 13.9 Å². The topological polar surface area (TPSA) is 86.2 Å². The van der Waals surface area contributed by atoms with Gasteiger partial charge < -0.3 is 4.57 Å². The second-order valence-electron chi connectivity index (χ2n) is 5.48. The number of halogens is 1. The van der Waals surface area contributed by atoms with Gasteiger partial charge in [0, 0.05) is 25.1 Å². The second-order valence-corrected chi connectivity index (χ2v) is 6.39. The molecule has 25 heavy (non-hydrogen) atoms. The molecule has 0 atom stereocenters. The zero-order valence-electron chi connectivity index (χ0n) is 14.0. The predicted molar refractivity (Wildman–Crippen MR) is 101 cm³/mol. The Labute approximate surface area is 151 Å². The van der Waals surface area contributed by atoms with Crippen LogP contribution < -0.4 is 16.7 Å². The van der Waals surface area contributed by atoms with E-state index in [2.05, 4.69) is 31.4 Å². The summed E-state index contributed by atoms with van der Waals surface area (Å²) in [4.78, 5) is 28.9. The van der Waals surface area contributed by atoms with E-state index in [9.17, 15) is 9.59 Å². The Hall–Kier alpha value is -2.68. The van der Waals surface area contributed by atoms with Crippen LogP contribution in [0.4, 0.5) is 5.95 Å². The third-order valence-corrected chi connectivity index (χ3v) is 4.44. The maximum atomic E-state index is 12.4. The van der Waals surface area contributed by atoms with E-state index in [0.29, 0.717) is 23.7 Å². The summed E-state index contributed by atoms with van der Waals surface area (Å²) >= 11 is 3.38. The molecule has 0 unspecified atom stereocenters. The molecule has 0 aliphatic heterocycles. The van der Waals surface area contributed by atoms with Gasteiger partial charge in [-0.25, -0.2) is 10.2 Å². The molecule has 9 heteroatoms. The first-order valence-electron chi connectivity index (χ1n) is 7.65. The van der Waals surface area contributed by atoms with Gasteiger partial charge in [0.2, 0.25) is 5.95 Å². The van der Waals surface area contributed by atoms with Crippen molar-refractivity contribution in [3.05, 3.63) is 55.1 Å². The molecule has 0 fully saturated rings. The van der Waals surface area contributed by atoms with E-state index in [-0.39, 0.29) is 5.56 Å². The zero-order chi connectivity index (χ0) is 18.1. The lowest BCUT2D eigenvalue weighted by atomic mass is 10.2. The number of hydrazone groups is 1. The Morgan fingerprint density at radius 3 is 2.52 bits per heavy atom. The van der Waals surface area contributed by atoms with Crippen LogP contribution in [0.2, 0.25) is 0 Å². The van der Waals surface area contributed by atoms with Crippen molar-refractivity contribution in [3.63, 3.8) is 0 Å². The molecular weight excluding hydrogens is 388 g/mol. The van der Waals surface area contributed by atoms with E-state index in [1.165, 1.54) is 11.6 Å². The predicted octanol–water partition coefficient (Wildman–Crippen LogP) is 1.66. The summed E-state index contributed by atoms with van der Waals surface area (Å²) in [6.45, 7) is 2.41. The summed E-state index contributed by atoms with van der Waals surface area (Å²) in [5.74, 6) is 0.407. The number of hydrogen-bond acceptors (Lipinski definition) is 5. The number of imidazole rings is 1. The highest BCUT2D eigenvalue weighted by molar-refractivity contribution is 9.10. The Kier molecular flexibility index (Phi) is 4.58. The largest absolute Gasteiger partial charge is 0.332 e. The molecule has 8 nitrogen and oxygen atoms in total. The van der Waals surface area contributed by atoms with Crippen LogP contribution in [-0.4, -0.2) is 24.9 Å². The van der Waals surface area contributed by atoms with Gasteiger partial charge in [0.15, 0.2) is 11.2 Å². The van der Waals surface area contributed by atoms with E-state index >= 15 is 0 Å². The fourth-order valence-electron chi connectivity index (χ4n) is 2.55. The van der Waals surface area contributed by atoms with Crippen molar-refractivity contribution in [2.24, 2.45) is 19.2 Å². The minimum Gasteiger partial charge on any atom is -0.303 e. The van der Waals surface area contributed by atoms with Crippen LogP contribution >= 0.6 is 15.9 Å². The third kappa shape index (κ3) is 3.02. The van der Waals surface area contributed by atoms with Crippen molar-refractivity contribution < 1.29 is 0 Å². The van der Waals surface area contributed by atoms with E-state index in [4.69, 9.17) is 0 Å². The van der Waals surface area contributed by atoms with Crippen LogP contribution in [0.1, 0.15) is 12.5 Å². The van der Waals surface area contributed by atoms with Crippen LogP contribution in [0.5, 0.6) is 0 Å². The van der Waals surface area contributed by atoms with Crippen molar-refractivity contribution in [2.75, 3.05) is 5.43 Å². The number of fused-ring (bicyclic) bond motifs is 1. The van der Waals surface area contributed by atoms with Crippen LogP contribution in [0.15, 0.2) is 43.4 Å². The first-order valence-corrected chi connectivity index (χ1v) is 8.44. The smallest absolute Gasteiger partial charge is 0.303 e. The highest BCUT2D eigenvalue weighted by atomic mass is 79.9. The molecule has 1 aromatic carbocycles. The molecule has 0 amide bonds. The minimum atomic E-state index is -0.414. The van der Waals surface area contributed by atoms with Gasteiger partial charge in [-0.1, -0.05) is 28.1 Å². The van der Waals surface area contributed by atoms with Crippen molar-refractivity contribution in [2.45, 2.75) is 13.5 Å². The number of nitrogens with one attached hydrogen (secondary N) is 1.